The van der Waals surface area contributed by atoms with Gasteiger partial charge in [0.15, 0.2) is 0 Å². The highest BCUT2D eigenvalue weighted by molar-refractivity contribution is 5.77. The summed E-state index contributed by atoms with van der Waals surface area (Å²) in [6.07, 6.45) is 10.2. The van der Waals surface area contributed by atoms with Gasteiger partial charge in [-0.2, -0.15) is 0 Å². The number of amides is 1. The quantitative estimate of drug-likeness (QED) is 0.416. The first-order chi connectivity index (χ1) is 16.1. The van der Waals surface area contributed by atoms with Crippen LogP contribution in [0.2, 0.25) is 0 Å². The number of carbonyl (C=O) groups excluding carboxylic acids is 1. The first-order valence-corrected chi connectivity index (χ1v) is 13.1. The molecule has 0 bridgehead atoms. The highest BCUT2D eigenvalue weighted by Gasteiger charge is 2.29. The van der Waals surface area contributed by atoms with E-state index in [-0.39, 0.29) is 11.6 Å². The largest absolute Gasteiger partial charge is 0.340 e. The third-order valence-corrected chi connectivity index (χ3v) is 6.99. The van der Waals surface area contributed by atoms with E-state index in [9.17, 15) is 9.59 Å². The van der Waals surface area contributed by atoms with Gasteiger partial charge in [-0.3, -0.25) is 19.1 Å². The molecule has 0 saturated carbocycles. The van der Waals surface area contributed by atoms with Gasteiger partial charge in [-0.15, -0.1) is 0 Å². The number of hydrogen-bond donors (Lipinski definition) is 0. The molecule has 182 valence electrons. The highest BCUT2D eigenvalue weighted by Crippen LogP contribution is 2.25. The van der Waals surface area contributed by atoms with Gasteiger partial charge in [0.25, 0.3) is 5.56 Å². The van der Waals surface area contributed by atoms with E-state index in [4.69, 9.17) is 4.98 Å². The second kappa shape index (κ2) is 12.9. The molecule has 2 heterocycles. The van der Waals surface area contributed by atoms with E-state index >= 15 is 0 Å². The number of rotatable bonds is 12. The second-order valence-electron chi connectivity index (χ2n) is 9.25. The molecule has 1 fully saturated rings. The number of nitrogens with zero attached hydrogens (tertiary/aromatic N) is 4. The van der Waals surface area contributed by atoms with E-state index in [0.29, 0.717) is 24.3 Å². The Bertz CT molecular complexity index is 947. The molecule has 33 heavy (non-hydrogen) atoms. The standard InChI is InChI=1S/C27H42N4O2/c1-4-7-8-9-10-11-12-17-25(32)30-20-18-29(19-21-30)24(5-2)26-28-23-16-14-13-15-22(23)27(33)31(26)6-3/h13-16,24H,4-12,17-21H2,1-3H3. The Morgan fingerprint density at radius 3 is 2.27 bits per heavy atom. The molecule has 1 aromatic carbocycles. The van der Waals surface area contributed by atoms with Crippen molar-refractivity contribution < 1.29 is 4.79 Å². The Morgan fingerprint density at radius 2 is 1.61 bits per heavy atom. The lowest BCUT2D eigenvalue weighted by atomic mass is 10.1. The van der Waals surface area contributed by atoms with Gasteiger partial charge in [-0.25, -0.2) is 4.98 Å². The molecule has 1 aliphatic heterocycles. The van der Waals surface area contributed by atoms with Crippen LogP contribution in [0.4, 0.5) is 0 Å². The summed E-state index contributed by atoms with van der Waals surface area (Å²) >= 11 is 0. The molecule has 3 rings (SSSR count). The Kier molecular flexibility index (Phi) is 9.92. The van der Waals surface area contributed by atoms with Crippen molar-refractivity contribution in [2.24, 2.45) is 0 Å². The zero-order chi connectivity index (χ0) is 23.6. The molecule has 6 nitrogen and oxygen atoms in total. The summed E-state index contributed by atoms with van der Waals surface area (Å²) in [5.41, 5.74) is 0.809. The van der Waals surface area contributed by atoms with Crippen LogP contribution in [-0.2, 0) is 11.3 Å². The number of benzene rings is 1. The first-order valence-electron chi connectivity index (χ1n) is 13.1. The van der Waals surface area contributed by atoms with Crippen molar-refractivity contribution in [2.75, 3.05) is 26.2 Å². The van der Waals surface area contributed by atoms with Crippen LogP contribution in [0.25, 0.3) is 10.9 Å². The summed E-state index contributed by atoms with van der Waals surface area (Å²) in [4.78, 5) is 35.1. The van der Waals surface area contributed by atoms with Crippen LogP contribution in [0.5, 0.6) is 0 Å². The zero-order valence-corrected chi connectivity index (χ0v) is 20.9. The van der Waals surface area contributed by atoms with Crippen molar-refractivity contribution in [3.05, 3.63) is 40.4 Å². The topological polar surface area (TPSA) is 58.4 Å². The lowest BCUT2D eigenvalue weighted by Gasteiger charge is -2.39. The maximum atomic E-state index is 13.1. The van der Waals surface area contributed by atoms with Gasteiger partial charge in [0.1, 0.15) is 5.82 Å². The molecule has 1 aliphatic rings. The Labute approximate surface area is 199 Å². The molecule has 6 heteroatoms. The monoisotopic (exact) mass is 454 g/mol. The molecule has 1 saturated heterocycles. The maximum absolute atomic E-state index is 13.1. The molecule has 0 N–H and O–H groups in total. The van der Waals surface area contributed by atoms with Gasteiger partial charge in [0.2, 0.25) is 5.91 Å². The van der Waals surface area contributed by atoms with Gasteiger partial charge in [-0.05, 0) is 31.9 Å². The Hall–Kier alpha value is -2.21. The molecule has 0 spiro atoms. The lowest BCUT2D eigenvalue weighted by Crippen LogP contribution is -2.50. The number of unbranched alkanes of at least 4 members (excludes halogenated alkanes) is 6. The molecule has 2 aromatic rings. The van der Waals surface area contributed by atoms with Gasteiger partial charge < -0.3 is 4.90 Å². The molecule has 0 radical (unpaired) electrons. The number of aromatic nitrogens is 2. The minimum Gasteiger partial charge on any atom is -0.340 e. The molecule has 0 aliphatic carbocycles. The summed E-state index contributed by atoms with van der Waals surface area (Å²) in [7, 11) is 0. The van der Waals surface area contributed by atoms with Crippen molar-refractivity contribution >= 4 is 16.8 Å². The van der Waals surface area contributed by atoms with Crippen LogP contribution in [0.15, 0.2) is 29.1 Å². The molecule has 1 unspecified atom stereocenters. The summed E-state index contributed by atoms with van der Waals surface area (Å²) in [5, 5.41) is 0.679. The average molecular weight is 455 g/mol. The number of para-hydroxylation sites is 1. The fourth-order valence-electron chi connectivity index (χ4n) is 5.02. The van der Waals surface area contributed by atoms with E-state index in [1.165, 1.54) is 32.1 Å². The van der Waals surface area contributed by atoms with Crippen LogP contribution < -0.4 is 5.56 Å². The molecular weight excluding hydrogens is 412 g/mol. The van der Waals surface area contributed by atoms with Crippen LogP contribution >= 0.6 is 0 Å². The number of piperazine rings is 1. The van der Waals surface area contributed by atoms with Crippen molar-refractivity contribution in [3.63, 3.8) is 0 Å². The van der Waals surface area contributed by atoms with Crippen molar-refractivity contribution in [1.82, 2.24) is 19.4 Å². The third kappa shape index (κ3) is 6.44. The number of fused-ring (bicyclic) bond motifs is 1. The SMILES string of the molecule is CCCCCCCCCC(=O)N1CCN(C(CC)c2nc3ccccc3c(=O)n2CC)CC1. The van der Waals surface area contributed by atoms with Crippen molar-refractivity contribution in [2.45, 2.75) is 91.1 Å². The third-order valence-electron chi connectivity index (χ3n) is 6.99. The number of hydrogen-bond acceptors (Lipinski definition) is 4. The minimum absolute atomic E-state index is 0.0417. The van der Waals surface area contributed by atoms with Crippen molar-refractivity contribution in [3.8, 4) is 0 Å². The van der Waals surface area contributed by atoms with Crippen LogP contribution in [-0.4, -0.2) is 51.4 Å². The second-order valence-corrected chi connectivity index (χ2v) is 9.25. The van der Waals surface area contributed by atoms with E-state index in [1.807, 2.05) is 40.7 Å². The molecule has 1 amide bonds. The van der Waals surface area contributed by atoms with Crippen LogP contribution in [0.1, 0.15) is 90.4 Å². The Balaban J connectivity index is 1.57. The lowest BCUT2D eigenvalue weighted by molar-refractivity contribution is -0.133. The van der Waals surface area contributed by atoms with E-state index in [2.05, 4.69) is 18.7 Å². The molecule has 1 atom stereocenters. The first kappa shape index (κ1) is 25.4. The maximum Gasteiger partial charge on any atom is 0.261 e. The summed E-state index contributed by atoms with van der Waals surface area (Å²) in [6, 6.07) is 7.70. The molecular formula is C27H42N4O2. The van der Waals surface area contributed by atoms with E-state index in [1.54, 1.807) is 0 Å². The van der Waals surface area contributed by atoms with Gasteiger partial charge in [0.05, 0.1) is 16.9 Å². The van der Waals surface area contributed by atoms with E-state index < -0.39 is 0 Å². The minimum atomic E-state index is 0.0417. The Morgan fingerprint density at radius 1 is 0.939 bits per heavy atom. The van der Waals surface area contributed by atoms with Crippen LogP contribution in [0.3, 0.4) is 0 Å². The summed E-state index contributed by atoms with van der Waals surface area (Å²) < 4.78 is 1.83. The summed E-state index contributed by atoms with van der Waals surface area (Å²) in [5.74, 6) is 1.15. The fourth-order valence-corrected chi connectivity index (χ4v) is 5.02. The van der Waals surface area contributed by atoms with Gasteiger partial charge in [-0.1, -0.05) is 64.5 Å². The zero-order valence-electron chi connectivity index (χ0n) is 20.9. The summed E-state index contributed by atoms with van der Waals surface area (Å²) in [6.45, 7) is 10.2. The van der Waals surface area contributed by atoms with Gasteiger partial charge in [0, 0.05) is 39.1 Å². The average Bonchev–Trinajstić information content (AvgIpc) is 2.84. The highest BCUT2D eigenvalue weighted by atomic mass is 16.2. The predicted molar refractivity (Wildman–Crippen MR) is 135 cm³/mol. The van der Waals surface area contributed by atoms with Crippen LogP contribution in [0, 0.1) is 0 Å². The fraction of sp³-hybridized carbons (Fsp3) is 0.667. The predicted octanol–water partition coefficient (Wildman–Crippen LogP) is 5.15. The van der Waals surface area contributed by atoms with Crippen molar-refractivity contribution in [1.29, 1.82) is 0 Å². The smallest absolute Gasteiger partial charge is 0.261 e. The van der Waals surface area contributed by atoms with E-state index in [0.717, 1.165) is 56.8 Å². The molecule has 1 aromatic heterocycles. The number of carbonyl (C=O) groups is 1. The van der Waals surface area contributed by atoms with Gasteiger partial charge >= 0.3 is 0 Å². The normalized spacial score (nSPS) is 15.8.